The molecule has 2 N–H and O–H groups in total. The highest BCUT2D eigenvalue weighted by Crippen LogP contribution is 2.10. The van der Waals surface area contributed by atoms with Crippen LogP contribution in [0.4, 0.5) is 0 Å². The van der Waals surface area contributed by atoms with Crippen molar-refractivity contribution in [3.05, 3.63) is 0 Å². The fourth-order valence-electron chi connectivity index (χ4n) is 2.65. The van der Waals surface area contributed by atoms with E-state index in [-0.39, 0.29) is 17.5 Å². The number of aliphatic hydroxyl groups excluding tert-OH is 1. The minimum absolute atomic E-state index is 0.0582. The minimum Gasteiger partial charge on any atom is -0.386 e. The summed E-state index contributed by atoms with van der Waals surface area (Å²) in [4.78, 5) is 1.24. The van der Waals surface area contributed by atoms with Crippen LogP contribution in [0.25, 0.3) is 0 Å². The lowest BCUT2D eigenvalue weighted by Gasteiger charge is -2.29. The molecule has 1 aliphatic heterocycles. The van der Waals surface area contributed by atoms with Gasteiger partial charge in [0.05, 0.1) is 18.8 Å². The molecule has 0 aromatic carbocycles. The first-order valence-corrected chi connectivity index (χ1v) is 8.26. The third-order valence-corrected chi connectivity index (χ3v) is 4.90. The molecule has 1 aliphatic rings. The number of nitrogens with one attached hydrogen (secondary N) is 1. The Hall–Kier alpha value is -0.130. The van der Waals surface area contributed by atoms with Gasteiger partial charge in [-0.25, -0.2) is 8.42 Å². The largest absolute Gasteiger partial charge is 0.386 e. The molecule has 0 aromatic rings. The molecule has 0 spiro atoms. The number of quaternary nitrogens is 1. The fourth-order valence-corrected chi connectivity index (χ4v) is 4.55. The zero-order chi connectivity index (χ0) is 13.2. The molecule has 1 heterocycles. The predicted molar refractivity (Wildman–Crippen MR) is 68.8 cm³/mol. The van der Waals surface area contributed by atoms with Crippen LogP contribution in [0, 0.1) is 11.8 Å². The molecule has 0 bridgehead atoms. The zero-order valence-corrected chi connectivity index (χ0v) is 12.1. The van der Waals surface area contributed by atoms with Crippen molar-refractivity contribution in [1.82, 2.24) is 0 Å². The predicted octanol–water partition coefficient (Wildman–Crippen LogP) is -0.659. The molecule has 0 saturated carbocycles. The van der Waals surface area contributed by atoms with Gasteiger partial charge in [-0.05, 0) is 0 Å². The van der Waals surface area contributed by atoms with Crippen molar-refractivity contribution in [2.45, 2.75) is 39.8 Å². The second-order valence-electron chi connectivity index (χ2n) is 6.10. The summed E-state index contributed by atoms with van der Waals surface area (Å²) in [5, 5.41) is 9.92. The molecular formula is C12H26NO3S+. The summed E-state index contributed by atoms with van der Waals surface area (Å²) in [6, 6.07) is -0.134. The molecule has 1 rings (SSSR count). The van der Waals surface area contributed by atoms with Crippen molar-refractivity contribution >= 4 is 9.84 Å². The molecule has 4 nitrogen and oxygen atoms in total. The van der Waals surface area contributed by atoms with Crippen LogP contribution in [-0.2, 0) is 9.84 Å². The summed E-state index contributed by atoms with van der Waals surface area (Å²) in [5.41, 5.74) is 0. The van der Waals surface area contributed by atoms with Gasteiger partial charge >= 0.3 is 0 Å². The van der Waals surface area contributed by atoms with Crippen LogP contribution in [0.2, 0.25) is 0 Å². The fraction of sp³-hybridized carbons (Fsp3) is 1.00. The van der Waals surface area contributed by atoms with E-state index in [4.69, 9.17) is 0 Å². The molecule has 5 heteroatoms. The Bertz CT molecular complexity index is 328. The lowest BCUT2D eigenvalue weighted by molar-refractivity contribution is -0.931. The maximum absolute atomic E-state index is 11.6. The molecule has 2 atom stereocenters. The minimum atomic E-state index is -3.03. The average Bonchev–Trinajstić information content (AvgIpc) is 2.36. The number of sulfone groups is 1. The number of hydrogen-bond donors (Lipinski definition) is 2. The van der Waals surface area contributed by atoms with E-state index in [0.29, 0.717) is 11.8 Å². The van der Waals surface area contributed by atoms with Crippen molar-refractivity contribution in [2.75, 3.05) is 24.6 Å². The van der Waals surface area contributed by atoms with Crippen molar-refractivity contribution in [1.29, 1.82) is 0 Å². The Kier molecular flexibility index (Phi) is 4.98. The van der Waals surface area contributed by atoms with Gasteiger partial charge in [-0.15, -0.1) is 0 Å². The molecule has 0 unspecified atom stereocenters. The van der Waals surface area contributed by atoms with Gasteiger partial charge in [0.25, 0.3) is 0 Å². The summed E-state index contributed by atoms with van der Waals surface area (Å²) in [6.07, 6.45) is -0.688. The Morgan fingerprint density at radius 2 is 1.59 bits per heavy atom. The van der Waals surface area contributed by atoms with E-state index in [1.165, 1.54) is 4.90 Å². The molecule has 1 fully saturated rings. The van der Waals surface area contributed by atoms with Gasteiger partial charge in [0.1, 0.15) is 17.9 Å². The van der Waals surface area contributed by atoms with Gasteiger partial charge in [-0.1, -0.05) is 27.7 Å². The summed E-state index contributed by atoms with van der Waals surface area (Å²) < 4.78 is 23.1. The lowest BCUT2D eigenvalue weighted by Crippen LogP contribution is -3.18. The van der Waals surface area contributed by atoms with Crippen LogP contribution < -0.4 is 4.90 Å². The Morgan fingerprint density at radius 1 is 1.12 bits per heavy atom. The summed E-state index contributed by atoms with van der Waals surface area (Å²) in [5.74, 6) is 1.11. The van der Waals surface area contributed by atoms with Crippen molar-refractivity contribution < 1.29 is 18.4 Å². The Balaban J connectivity index is 2.76. The SMILES string of the molecule is CC(C)C[NH+](CC(C)C)[C@H]1CS(=O)(=O)C[C@@H]1O. The van der Waals surface area contributed by atoms with E-state index in [0.717, 1.165) is 13.1 Å². The van der Waals surface area contributed by atoms with E-state index >= 15 is 0 Å². The van der Waals surface area contributed by atoms with Gasteiger partial charge < -0.3 is 10.0 Å². The Morgan fingerprint density at radius 3 is 1.88 bits per heavy atom. The van der Waals surface area contributed by atoms with E-state index in [9.17, 15) is 13.5 Å². The van der Waals surface area contributed by atoms with Gasteiger partial charge in [0.15, 0.2) is 9.84 Å². The quantitative estimate of drug-likeness (QED) is 0.693. The lowest BCUT2D eigenvalue weighted by atomic mass is 10.1. The second kappa shape index (κ2) is 5.67. The van der Waals surface area contributed by atoms with E-state index in [1.54, 1.807) is 0 Å². The molecular weight excluding hydrogens is 238 g/mol. The first-order chi connectivity index (χ1) is 7.71. The average molecular weight is 264 g/mol. The molecule has 1 saturated heterocycles. The van der Waals surface area contributed by atoms with Crippen LogP contribution in [0.3, 0.4) is 0 Å². The Labute approximate surface area is 105 Å². The van der Waals surface area contributed by atoms with E-state index < -0.39 is 15.9 Å². The molecule has 0 amide bonds. The van der Waals surface area contributed by atoms with E-state index in [2.05, 4.69) is 27.7 Å². The van der Waals surface area contributed by atoms with Crippen LogP contribution in [0.1, 0.15) is 27.7 Å². The monoisotopic (exact) mass is 264 g/mol. The smallest absolute Gasteiger partial charge is 0.159 e. The van der Waals surface area contributed by atoms with Crippen molar-refractivity contribution in [2.24, 2.45) is 11.8 Å². The maximum atomic E-state index is 11.6. The van der Waals surface area contributed by atoms with E-state index in [1.807, 2.05) is 0 Å². The van der Waals surface area contributed by atoms with Crippen molar-refractivity contribution in [3.63, 3.8) is 0 Å². The summed E-state index contributed by atoms with van der Waals surface area (Å²) >= 11 is 0. The molecule has 102 valence electrons. The highest BCUT2D eigenvalue weighted by atomic mass is 32.2. The van der Waals surface area contributed by atoms with Crippen LogP contribution in [0.15, 0.2) is 0 Å². The van der Waals surface area contributed by atoms with Gasteiger partial charge in [-0.3, -0.25) is 0 Å². The normalized spacial score (nSPS) is 28.5. The van der Waals surface area contributed by atoms with Crippen LogP contribution >= 0.6 is 0 Å². The number of aliphatic hydroxyl groups is 1. The third-order valence-electron chi connectivity index (χ3n) is 3.19. The molecule has 17 heavy (non-hydrogen) atoms. The standard InChI is InChI=1S/C12H25NO3S/c1-9(2)5-13(6-10(3)4)11-7-17(15,16)8-12(11)14/h9-12,14H,5-8H2,1-4H3/p+1/t11-,12-/m0/s1. The molecule has 0 aromatic heterocycles. The van der Waals surface area contributed by atoms with Crippen LogP contribution in [0.5, 0.6) is 0 Å². The van der Waals surface area contributed by atoms with Gasteiger partial charge in [0.2, 0.25) is 0 Å². The number of rotatable bonds is 5. The summed E-state index contributed by atoms with van der Waals surface area (Å²) in [7, 11) is -3.03. The first kappa shape index (κ1) is 14.9. The third kappa shape index (κ3) is 4.56. The summed E-state index contributed by atoms with van der Waals surface area (Å²) in [6.45, 7) is 10.4. The van der Waals surface area contributed by atoms with Gasteiger partial charge in [0, 0.05) is 11.8 Å². The highest BCUT2D eigenvalue weighted by Gasteiger charge is 2.43. The first-order valence-electron chi connectivity index (χ1n) is 6.44. The maximum Gasteiger partial charge on any atom is 0.159 e. The topological polar surface area (TPSA) is 58.8 Å². The van der Waals surface area contributed by atoms with Crippen molar-refractivity contribution in [3.8, 4) is 0 Å². The second-order valence-corrected chi connectivity index (χ2v) is 8.26. The number of hydrogen-bond acceptors (Lipinski definition) is 3. The molecule has 0 aliphatic carbocycles. The molecule has 0 radical (unpaired) electrons. The zero-order valence-electron chi connectivity index (χ0n) is 11.3. The van der Waals surface area contributed by atoms with Crippen LogP contribution in [-0.4, -0.2) is 50.3 Å². The van der Waals surface area contributed by atoms with Gasteiger partial charge in [-0.2, -0.15) is 0 Å². The highest BCUT2D eigenvalue weighted by molar-refractivity contribution is 7.91.